The van der Waals surface area contributed by atoms with E-state index in [1.165, 1.54) is 12.1 Å². The van der Waals surface area contributed by atoms with Gasteiger partial charge in [-0.3, -0.25) is 4.90 Å². The number of ether oxygens (including phenoxy) is 1. The third-order valence-electron chi connectivity index (χ3n) is 4.33. The average Bonchev–Trinajstić information content (AvgIpc) is 2.76. The highest BCUT2D eigenvalue weighted by Crippen LogP contribution is 2.24. The number of sulfonamides is 1. The van der Waals surface area contributed by atoms with E-state index in [4.69, 9.17) is 10.00 Å². The van der Waals surface area contributed by atoms with Gasteiger partial charge in [-0.1, -0.05) is 0 Å². The van der Waals surface area contributed by atoms with Crippen LogP contribution in [0.15, 0.2) is 29.2 Å². The normalized spacial score (nSPS) is 27.1. The Morgan fingerprint density at radius 3 is 2.59 bits per heavy atom. The van der Waals surface area contributed by atoms with Gasteiger partial charge in [0.15, 0.2) is 0 Å². The average molecular weight is 321 g/mol. The topological polar surface area (TPSA) is 73.6 Å². The number of nitrogens with zero attached hydrogens (tertiary/aromatic N) is 3. The van der Waals surface area contributed by atoms with Crippen LogP contribution in [0.2, 0.25) is 0 Å². The van der Waals surface area contributed by atoms with Crippen LogP contribution in [0.4, 0.5) is 0 Å². The SMILES string of the molecule is CN1C[C@H]2COC[C@@H]1CN(S(=O)(=O)c1ccc(C#N)cc1)C2. The quantitative estimate of drug-likeness (QED) is 0.793. The first-order valence-corrected chi connectivity index (χ1v) is 8.73. The van der Waals surface area contributed by atoms with Crippen molar-refractivity contribution >= 4 is 10.0 Å². The first-order chi connectivity index (χ1) is 10.5. The zero-order chi connectivity index (χ0) is 15.7. The first kappa shape index (κ1) is 15.4. The van der Waals surface area contributed by atoms with Gasteiger partial charge in [0.1, 0.15) is 0 Å². The zero-order valence-corrected chi connectivity index (χ0v) is 13.3. The molecule has 0 radical (unpaired) electrons. The van der Waals surface area contributed by atoms with Crippen LogP contribution in [0.3, 0.4) is 0 Å². The number of nitriles is 1. The Labute approximate surface area is 130 Å². The first-order valence-electron chi connectivity index (χ1n) is 7.29. The maximum absolute atomic E-state index is 12.9. The Hall–Kier alpha value is -1.46. The van der Waals surface area contributed by atoms with Crippen molar-refractivity contribution in [3.8, 4) is 6.07 Å². The van der Waals surface area contributed by atoms with Gasteiger partial charge in [0, 0.05) is 31.6 Å². The largest absolute Gasteiger partial charge is 0.379 e. The molecule has 2 heterocycles. The lowest BCUT2D eigenvalue weighted by Crippen LogP contribution is -2.44. The van der Waals surface area contributed by atoms with Gasteiger partial charge >= 0.3 is 0 Å². The molecule has 2 aliphatic heterocycles. The third-order valence-corrected chi connectivity index (χ3v) is 6.18. The maximum Gasteiger partial charge on any atom is 0.243 e. The van der Waals surface area contributed by atoms with Crippen LogP contribution >= 0.6 is 0 Å². The molecule has 22 heavy (non-hydrogen) atoms. The number of hydrogen-bond acceptors (Lipinski definition) is 5. The second-order valence-corrected chi connectivity index (χ2v) is 7.89. The van der Waals surface area contributed by atoms with E-state index < -0.39 is 10.0 Å². The number of likely N-dealkylation sites (N-methyl/N-ethyl adjacent to an activating group) is 1. The van der Waals surface area contributed by atoms with Gasteiger partial charge in [-0.05, 0) is 31.3 Å². The zero-order valence-electron chi connectivity index (χ0n) is 12.5. The maximum atomic E-state index is 12.9. The van der Waals surface area contributed by atoms with Gasteiger partial charge in [0.25, 0.3) is 0 Å². The number of rotatable bonds is 2. The van der Waals surface area contributed by atoms with Crippen molar-refractivity contribution in [2.75, 3.05) is 39.9 Å². The van der Waals surface area contributed by atoms with Crippen molar-refractivity contribution in [1.29, 1.82) is 5.26 Å². The molecule has 0 amide bonds. The summed E-state index contributed by atoms with van der Waals surface area (Å²) in [4.78, 5) is 2.43. The molecule has 7 heteroatoms. The van der Waals surface area contributed by atoms with Crippen molar-refractivity contribution < 1.29 is 13.2 Å². The number of benzene rings is 1. The molecule has 0 saturated carbocycles. The minimum absolute atomic E-state index is 0.0839. The van der Waals surface area contributed by atoms with E-state index in [2.05, 4.69) is 4.90 Å². The summed E-state index contributed by atoms with van der Waals surface area (Å²) in [7, 11) is -1.52. The predicted molar refractivity (Wildman–Crippen MR) is 80.6 cm³/mol. The summed E-state index contributed by atoms with van der Waals surface area (Å²) >= 11 is 0. The summed E-state index contributed by atoms with van der Waals surface area (Å²) in [5, 5.41) is 8.83. The van der Waals surface area contributed by atoms with Crippen molar-refractivity contribution in [2.24, 2.45) is 5.92 Å². The van der Waals surface area contributed by atoms with Crippen molar-refractivity contribution in [3.05, 3.63) is 29.8 Å². The van der Waals surface area contributed by atoms with E-state index in [1.54, 1.807) is 16.4 Å². The Kier molecular flexibility index (Phi) is 4.19. The Morgan fingerprint density at radius 2 is 1.91 bits per heavy atom. The Bertz CT molecular complexity index is 681. The highest BCUT2D eigenvalue weighted by molar-refractivity contribution is 7.89. The van der Waals surface area contributed by atoms with Crippen LogP contribution in [0.25, 0.3) is 0 Å². The molecule has 2 saturated heterocycles. The number of fused-ring (bicyclic) bond motifs is 3. The molecule has 2 aliphatic rings. The molecule has 1 aromatic rings. The molecule has 0 unspecified atom stereocenters. The molecule has 2 bridgehead atoms. The van der Waals surface area contributed by atoms with E-state index in [0.29, 0.717) is 31.9 Å². The Morgan fingerprint density at radius 1 is 1.18 bits per heavy atom. The fourth-order valence-corrected chi connectivity index (χ4v) is 4.61. The summed E-state index contributed by atoms with van der Waals surface area (Å²) in [5.74, 6) is 0.186. The second-order valence-electron chi connectivity index (χ2n) is 5.96. The van der Waals surface area contributed by atoms with Crippen molar-refractivity contribution in [3.63, 3.8) is 0 Å². The van der Waals surface area contributed by atoms with E-state index >= 15 is 0 Å². The smallest absolute Gasteiger partial charge is 0.243 e. The van der Waals surface area contributed by atoms with Gasteiger partial charge < -0.3 is 4.74 Å². The second kappa shape index (κ2) is 5.97. The predicted octanol–water partition coefficient (Wildman–Crippen LogP) is 0.509. The van der Waals surface area contributed by atoms with E-state index in [0.717, 1.165) is 6.54 Å². The van der Waals surface area contributed by atoms with E-state index in [-0.39, 0.29) is 16.9 Å². The molecular formula is C15H19N3O3S. The van der Waals surface area contributed by atoms with Crippen LogP contribution in [-0.2, 0) is 14.8 Å². The monoisotopic (exact) mass is 321 g/mol. The van der Waals surface area contributed by atoms with Gasteiger partial charge in [-0.25, -0.2) is 8.42 Å². The summed E-state index contributed by atoms with van der Waals surface area (Å²) in [6.45, 7) is 2.93. The fourth-order valence-electron chi connectivity index (χ4n) is 3.05. The van der Waals surface area contributed by atoms with Crippen LogP contribution in [0, 0.1) is 17.2 Å². The molecule has 2 atom stereocenters. The summed E-state index contributed by atoms with van der Waals surface area (Å²) in [6.07, 6.45) is 0. The molecule has 0 spiro atoms. The molecule has 0 N–H and O–H groups in total. The molecule has 2 fully saturated rings. The van der Waals surface area contributed by atoms with E-state index in [1.807, 2.05) is 13.1 Å². The minimum Gasteiger partial charge on any atom is -0.379 e. The molecule has 6 nitrogen and oxygen atoms in total. The molecule has 118 valence electrons. The van der Waals surface area contributed by atoms with Gasteiger partial charge in [0.05, 0.1) is 29.7 Å². The van der Waals surface area contributed by atoms with Gasteiger partial charge in [-0.2, -0.15) is 9.57 Å². The molecular weight excluding hydrogens is 302 g/mol. The molecule has 3 rings (SSSR count). The lowest BCUT2D eigenvalue weighted by Gasteiger charge is -2.29. The standard InChI is InChI=1S/C15H19N3O3S/c1-17-7-13-8-18(9-14(17)11-21-10-13)22(19,20)15-4-2-12(6-16)3-5-15/h2-5,13-14H,7-11H2,1H3/t13-,14+/m1/s1. The van der Waals surface area contributed by atoms with Gasteiger partial charge in [-0.15, -0.1) is 0 Å². The fraction of sp³-hybridized carbons (Fsp3) is 0.533. The van der Waals surface area contributed by atoms with Crippen molar-refractivity contribution in [1.82, 2.24) is 9.21 Å². The lowest BCUT2D eigenvalue weighted by molar-refractivity contribution is 0.0727. The minimum atomic E-state index is -3.53. The highest BCUT2D eigenvalue weighted by Gasteiger charge is 2.36. The molecule has 0 aliphatic carbocycles. The van der Waals surface area contributed by atoms with Crippen molar-refractivity contribution in [2.45, 2.75) is 10.9 Å². The van der Waals surface area contributed by atoms with Gasteiger partial charge in [0.2, 0.25) is 10.0 Å². The van der Waals surface area contributed by atoms with Crippen LogP contribution in [0.1, 0.15) is 5.56 Å². The Balaban J connectivity index is 1.89. The van der Waals surface area contributed by atoms with E-state index in [9.17, 15) is 8.42 Å². The van der Waals surface area contributed by atoms with Crippen LogP contribution in [-0.4, -0.2) is 63.6 Å². The molecule has 1 aromatic carbocycles. The summed E-state index contributed by atoms with van der Waals surface area (Å²) in [6, 6.07) is 8.19. The van der Waals surface area contributed by atoms with Crippen LogP contribution in [0.5, 0.6) is 0 Å². The third kappa shape index (κ3) is 2.88. The summed E-state index contributed by atoms with van der Waals surface area (Å²) < 4.78 is 32.9. The summed E-state index contributed by atoms with van der Waals surface area (Å²) in [5.41, 5.74) is 0.458. The molecule has 0 aromatic heterocycles. The lowest BCUT2D eigenvalue weighted by atomic mass is 10.1. The van der Waals surface area contributed by atoms with Crippen LogP contribution < -0.4 is 0 Å². The highest BCUT2D eigenvalue weighted by atomic mass is 32.2. The number of hydrogen-bond donors (Lipinski definition) is 0.